The summed E-state index contributed by atoms with van der Waals surface area (Å²) in [6, 6.07) is 15.6. The second-order valence-electron chi connectivity index (χ2n) is 10.7. The molecule has 0 saturated carbocycles. The number of nitrogens with one attached hydrogen (secondary N) is 2. The van der Waals surface area contributed by atoms with Gasteiger partial charge in [-0.2, -0.15) is 0 Å². The van der Waals surface area contributed by atoms with Gasteiger partial charge in [0.15, 0.2) is 0 Å². The number of aryl methyl sites for hydroxylation is 1. The van der Waals surface area contributed by atoms with Crippen molar-refractivity contribution in [1.82, 2.24) is 25.1 Å². The van der Waals surface area contributed by atoms with Crippen molar-refractivity contribution in [2.75, 3.05) is 31.8 Å². The quantitative estimate of drug-likeness (QED) is 0.356. The largest absolute Gasteiger partial charge is 0.497 e. The smallest absolute Gasteiger partial charge is 0.247 e. The number of aromatic nitrogens is 2. The highest BCUT2D eigenvalue weighted by Crippen LogP contribution is 2.36. The SMILES string of the molecule is COc1ccc(C[C@@H](NC(=O)C(N)Cc2cncn2C)C(=O)N2CCC3(CC2)C(=O)NCN3c2ccccc2)cc1. The van der Waals surface area contributed by atoms with Gasteiger partial charge in [0.2, 0.25) is 17.7 Å². The fourth-order valence-electron chi connectivity index (χ4n) is 5.73. The minimum absolute atomic E-state index is 0.0160. The van der Waals surface area contributed by atoms with Gasteiger partial charge in [-0.3, -0.25) is 14.4 Å². The molecule has 0 aliphatic carbocycles. The van der Waals surface area contributed by atoms with Crippen LogP contribution in [0, 0.1) is 0 Å². The summed E-state index contributed by atoms with van der Waals surface area (Å²) in [6.45, 7) is 1.22. The second kappa shape index (κ2) is 12.0. The van der Waals surface area contributed by atoms with E-state index in [0.29, 0.717) is 51.2 Å². The van der Waals surface area contributed by atoms with Crippen molar-refractivity contribution in [3.05, 3.63) is 78.4 Å². The van der Waals surface area contributed by atoms with Crippen molar-refractivity contribution in [3.63, 3.8) is 0 Å². The Labute approximate surface area is 239 Å². The maximum Gasteiger partial charge on any atom is 0.247 e. The number of imidazole rings is 1. The zero-order valence-corrected chi connectivity index (χ0v) is 23.5. The van der Waals surface area contributed by atoms with E-state index >= 15 is 0 Å². The van der Waals surface area contributed by atoms with Crippen LogP contribution in [0.15, 0.2) is 67.1 Å². The van der Waals surface area contributed by atoms with Crippen molar-refractivity contribution in [3.8, 4) is 5.75 Å². The second-order valence-corrected chi connectivity index (χ2v) is 10.7. The molecule has 3 amide bonds. The Morgan fingerprint density at radius 2 is 1.80 bits per heavy atom. The number of piperidine rings is 1. The summed E-state index contributed by atoms with van der Waals surface area (Å²) < 4.78 is 7.08. The summed E-state index contributed by atoms with van der Waals surface area (Å²) in [7, 11) is 3.44. The summed E-state index contributed by atoms with van der Waals surface area (Å²) >= 11 is 0. The summed E-state index contributed by atoms with van der Waals surface area (Å²) in [5.74, 6) is 0.0917. The van der Waals surface area contributed by atoms with E-state index < -0.39 is 23.5 Å². The van der Waals surface area contributed by atoms with Gasteiger partial charge < -0.3 is 35.5 Å². The minimum atomic E-state index is -0.845. The van der Waals surface area contributed by atoms with Gasteiger partial charge in [0, 0.05) is 50.6 Å². The zero-order valence-electron chi connectivity index (χ0n) is 23.5. The van der Waals surface area contributed by atoms with E-state index in [-0.39, 0.29) is 11.8 Å². The molecule has 3 heterocycles. The number of nitrogens with two attached hydrogens (primary N) is 1. The summed E-state index contributed by atoms with van der Waals surface area (Å²) in [6.07, 6.45) is 4.90. The van der Waals surface area contributed by atoms with Crippen LogP contribution in [0.25, 0.3) is 0 Å². The molecule has 2 aromatic carbocycles. The fourth-order valence-corrected chi connectivity index (χ4v) is 5.73. The molecule has 0 radical (unpaired) electrons. The standard InChI is InChI=1S/C30H37N7O4/c1-35-19-32-18-23(35)17-25(31)27(38)34-26(16-21-8-10-24(41-2)11-9-21)28(39)36-14-12-30(13-15-36)29(40)33-20-37(30)22-6-4-3-5-7-22/h3-11,18-19,25-26H,12-17,20,31H2,1-2H3,(H,33,40)(H,34,38)/t25?,26-/m1/s1. The molecule has 2 aliphatic heterocycles. The Kier molecular flexibility index (Phi) is 8.25. The number of carbonyl (C=O) groups excluding carboxylic acids is 3. The molecule has 2 aliphatic rings. The van der Waals surface area contributed by atoms with Gasteiger partial charge in [0.1, 0.15) is 17.3 Å². The molecule has 3 aromatic rings. The topological polar surface area (TPSA) is 135 Å². The van der Waals surface area contributed by atoms with Crippen molar-refractivity contribution in [2.24, 2.45) is 12.8 Å². The Hall–Kier alpha value is -4.38. The number of nitrogens with zero attached hydrogens (tertiary/aromatic N) is 4. The van der Waals surface area contributed by atoms with E-state index in [0.717, 1.165) is 16.9 Å². The molecule has 2 atom stereocenters. The zero-order chi connectivity index (χ0) is 29.0. The summed E-state index contributed by atoms with van der Waals surface area (Å²) in [5.41, 5.74) is 8.22. The average Bonchev–Trinajstić information content (AvgIpc) is 3.55. The predicted octanol–water partition coefficient (Wildman–Crippen LogP) is 0.981. The molecule has 2 saturated heterocycles. The van der Waals surface area contributed by atoms with Crippen LogP contribution in [0.1, 0.15) is 24.1 Å². The van der Waals surface area contributed by atoms with Gasteiger partial charge in [-0.1, -0.05) is 30.3 Å². The van der Waals surface area contributed by atoms with E-state index in [2.05, 4.69) is 20.5 Å². The molecule has 1 unspecified atom stereocenters. The maximum atomic E-state index is 13.9. The summed E-state index contributed by atoms with van der Waals surface area (Å²) in [5, 5.41) is 5.92. The van der Waals surface area contributed by atoms with Gasteiger partial charge in [-0.25, -0.2) is 4.98 Å². The Morgan fingerprint density at radius 3 is 2.44 bits per heavy atom. The van der Waals surface area contributed by atoms with Crippen molar-refractivity contribution in [2.45, 2.75) is 43.3 Å². The van der Waals surface area contributed by atoms with Crippen molar-refractivity contribution >= 4 is 23.4 Å². The van der Waals surface area contributed by atoms with E-state index in [4.69, 9.17) is 10.5 Å². The van der Waals surface area contributed by atoms with Gasteiger partial charge in [-0.15, -0.1) is 0 Å². The van der Waals surface area contributed by atoms with Crippen LogP contribution in [0.3, 0.4) is 0 Å². The first kappa shape index (κ1) is 28.2. The lowest BCUT2D eigenvalue weighted by Crippen LogP contribution is -2.60. The lowest BCUT2D eigenvalue weighted by atomic mass is 9.85. The summed E-state index contributed by atoms with van der Waals surface area (Å²) in [4.78, 5) is 48.1. The first-order valence-corrected chi connectivity index (χ1v) is 13.8. The monoisotopic (exact) mass is 559 g/mol. The molecule has 11 nitrogen and oxygen atoms in total. The van der Waals surface area contributed by atoms with Crippen molar-refractivity contribution in [1.29, 1.82) is 0 Å². The van der Waals surface area contributed by atoms with Gasteiger partial charge in [0.05, 0.1) is 26.1 Å². The molecule has 41 heavy (non-hydrogen) atoms. The van der Waals surface area contributed by atoms with Crippen LogP contribution in [-0.4, -0.2) is 76.7 Å². The molecule has 4 N–H and O–H groups in total. The number of ether oxygens (including phenoxy) is 1. The molecule has 1 aromatic heterocycles. The van der Waals surface area contributed by atoms with Crippen LogP contribution >= 0.6 is 0 Å². The molecule has 5 rings (SSSR count). The highest BCUT2D eigenvalue weighted by Gasteiger charge is 2.51. The van der Waals surface area contributed by atoms with Crippen LogP contribution in [0.2, 0.25) is 0 Å². The van der Waals surface area contributed by atoms with E-state index in [1.165, 1.54) is 0 Å². The van der Waals surface area contributed by atoms with Gasteiger partial charge in [-0.05, 0) is 42.7 Å². The van der Waals surface area contributed by atoms with Gasteiger partial charge in [0.25, 0.3) is 0 Å². The van der Waals surface area contributed by atoms with Crippen LogP contribution in [0.5, 0.6) is 5.75 Å². The molecule has 2 fully saturated rings. The lowest BCUT2D eigenvalue weighted by Gasteiger charge is -2.44. The number of para-hydroxylation sites is 1. The van der Waals surface area contributed by atoms with Crippen molar-refractivity contribution < 1.29 is 19.1 Å². The Morgan fingerprint density at radius 1 is 1.10 bits per heavy atom. The van der Waals surface area contributed by atoms with E-state index in [1.807, 2.05) is 66.2 Å². The Bertz CT molecular complexity index is 1370. The van der Waals surface area contributed by atoms with Crippen LogP contribution < -0.4 is 26.0 Å². The third-order valence-corrected chi connectivity index (χ3v) is 8.20. The highest BCUT2D eigenvalue weighted by molar-refractivity contribution is 5.94. The number of likely N-dealkylation sites (tertiary alicyclic amines) is 1. The number of methoxy groups -OCH3 is 1. The normalized spacial score (nSPS) is 17.7. The van der Waals surface area contributed by atoms with Gasteiger partial charge >= 0.3 is 0 Å². The maximum absolute atomic E-state index is 13.9. The Balaban J connectivity index is 1.30. The number of rotatable bonds is 9. The predicted molar refractivity (Wildman–Crippen MR) is 154 cm³/mol. The molecule has 1 spiro atoms. The van der Waals surface area contributed by atoms with Crippen LogP contribution in [0.4, 0.5) is 5.69 Å². The molecule has 11 heteroatoms. The lowest BCUT2D eigenvalue weighted by molar-refractivity contribution is -0.139. The number of anilines is 1. The molecule has 0 bridgehead atoms. The number of carbonyl (C=O) groups is 3. The fraction of sp³-hybridized carbons (Fsp3) is 0.400. The average molecular weight is 560 g/mol. The minimum Gasteiger partial charge on any atom is -0.497 e. The first-order valence-electron chi connectivity index (χ1n) is 13.8. The number of hydrogen-bond acceptors (Lipinski definition) is 7. The first-order chi connectivity index (χ1) is 19.8. The molecular formula is C30H37N7O4. The van der Waals surface area contributed by atoms with Crippen LogP contribution in [-0.2, 0) is 34.3 Å². The number of amides is 3. The molecular weight excluding hydrogens is 522 g/mol. The van der Waals surface area contributed by atoms with E-state index in [1.54, 1.807) is 24.5 Å². The highest BCUT2D eigenvalue weighted by atomic mass is 16.5. The third-order valence-electron chi connectivity index (χ3n) is 8.20. The molecule has 216 valence electrons. The number of benzene rings is 2. The van der Waals surface area contributed by atoms with E-state index in [9.17, 15) is 14.4 Å². The third kappa shape index (κ3) is 5.90. The number of hydrogen-bond donors (Lipinski definition) is 3.